The van der Waals surface area contributed by atoms with Crippen molar-refractivity contribution in [1.29, 1.82) is 0 Å². The number of hydrogen-bond acceptors (Lipinski definition) is 6. The van der Waals surface area contributed by atoms with E-state index >= 15 is 0 Å². The molecule has 1 N–H and O–H groups in total. The number of amides is 1. The van der Waals surface area contributed by atoms with Gasteiger partial charge in [-0.05, 0) is 44.0 Å². The Bertz CT molecular complexity index is 1200. The smallest absolute Gasteiger partial charge is 0.265 e. The minimum Gasteiger partial charge on any atom is -0.376 e. The zero-order valence-corrected chi connectivity index (χ0v) is 19.8. The molecular weight excluding hydrogens is 434 g/mol. The highest BCUT2D eigenvalue weighted by atomic mass is 32.2. The van der Waals surface area contributed by atoms with Gasteiger partial charge in [0.1, 0.15) is 4.83 Å². The van der Waals surface area contributed by atoms with Gasteiger partial charge in [-0.25, -0.2) is 8.42 Å². The summed E-state index contributed by atoms with van der Waals surface area (Å²) in [5.41, 5.74) is 2.08. The van der Waals surface area contributed by atoms with Crippen molar-refractivity contribution >= 4 is 48.9 Å². The Kier molecular flexibility index (Phi) is 5.80. The van der Waals surface area contributed by atoms with Crippen LogP contribution in [0.15, 0.2) is 29.2 Å². The van der Waals surface area contributed by atoms with Crippen molar-refractivity contribution in [3.8, 4) is 0 Å². The zero-order chi connectivity index (χ0) is 22.3. The van der Waals surface area contributed by atoms with Crippen molar-refractivity contribution in [2.45, 2.75) is 31.1 Å². The standard InChI is InChI=1S/C21H27N5O3S2/c1-14-16-13-19(30-21(16)25(4)23-14)20(27)22-17-12-15(8-9-18(17)24(2)3)31(28,29)26-10-6-5-7-11-26/h8-9,12-13H,5-7,10-11H2,1-4H3,(H,22,27). The van der Waals surface area contributed by atoms with E-state index in [-0.39, 0.29) is 10.8 Å². The molecular formula is C21H27N5O3S2. The number of nitrogens with zero attached hydrogens (tertiary/aromatic N) is 4. The lowest BCUT2D eigenvalue weighted by molar-refractivity contribution is 0.103. The van der Waals surface area contributed by atoms with E-state index in [1.54, 1.807) is 22.9 Å². The molecule has 1 saturated heterocycles. The van der Waals surface area contributed by atoms with Gasteiger partial charge in [0.05, 0.1) is 26.8 Å². The molecule has 10 heteroatoms. The van der Waals surface area contributed by atoms with Crippen molar-refractivity contribution in [3.63, 3.8) is 0 Å². The third-order valence-electron chi connectivity index (χ3n) is 5.57. The van der Waals surface area contributed by atoms with Crippen molar-refractivity contribution in [2.24, 2.45) is 7.05 Å². The van der Waals surface area contributed by atoms with E-state index in [1.165, 1.54) is 15.6 Å². The second-order valence-electron chi connectivity index (χ2n) is 8.03. The average molecular weight is 462 g/mol. The zero-order valence-electron chi connectivity index (χ0n) is 18.2. The molecule has 166 valence electrons. The normalized spacial score (nSPS) is 15.4. The largest absolute Gasteiger partial charge is 0.376 e. The van der Waals surface area contributed by atoms with Crippen LogP contribution in [0.25, 0.3) is 10.2 Å². The van der Waals surface area contributed by atoms with E-state index in [4.69, 9.17) is 0 Å². The van der Waals surface area contributed by atoms with Crippen LogP contribution in [0.2, 0.25) is 0 Å². The maximum atomic E-state index is 13.1. The maximum Gasteiger partial charge on any atom is 0.265 e. The Hall–Kier alpha value is -2.43. The molecule has 1 amide bonds. The fourth-order valence-electron chi connectivity index (χ4n) is 3.92. The molecule has 31 heavy (non-hydrogen) atoms. The predicted molar refractivity (Wildman–Crippen MR) is 125 cm³/mol. The van der Waals surface area contributed by atoms with Gasteiger partial charge in [-0.1, -0.05) is 6.42 Å². The summed E-state index contributed by atoms with van der Waals surface area (Å²) in [6.45, 7) is 2.99. The number of piperidine rings is 1. The molecule has 1 aliphatic heterocycles. The summed E-state index contributed by atoms with van der Waals surface area (Å²) in [4.78, 5) is 16.6. The van der Waals surface area contributed by atoms with E-state index in [2.05, 4.69) is 10.4 Å². The summed E-state index contributed by atoms with van der Waals surface area (Å²) in [6, 6.07) is 6.76. The molecule has 4 rings (SSSR count). The highest BCUT2D eigenvalue weighted by Crippen LogP contribution is 2.32. The van der Waals surface area contributed by atoms with Gasteiger partial charge in [0.25, 0.3) is 5.91 Å². The first-order valence-corrected chi connectivity index (χ1v) is 12.5. The Morgan fingerprint density at radius 3 is 2.52 bits per heavy atom. The molecule has 0 aliphatic carbocycles. The van der Waals surface area contributed by atoms with E-state index < -0.39 is 10.0 Å². The Morgan fingerprint density at radius 2 is 1.87 bits per heavy atom. The molecule has 8 nitrogen and oxygen atoms in total. The van der Waals surface area contributed by atoms with E-state index in [0.29, 0.717) is 23.7 Å². The first kappa shape index (κ1) is 21.8. The summed E-state index contributed by atoms with van der Waals surface area (Å²) in [5, 5.41) is 8.25. The van der Waals surface area contributed by atoms with Crippen molar-refractivity contribution < 1.29 is 13.2 Å². The molecule has 0 spiro atoms. The van der Waals surface area contributed by atoms with E-state index in [1.807, 2.05) is 39.0 Å². The van der Waals surface area contributed by atoms with Crippen molar-refractivity contribution in [2.75, 3.05) is 37.4 Å². The van der Waals surface area contributed by atoms with Crippen LogP contribution in [0, 0.1) is 6.92 Å². The van der Waals surface area contributed by atoms with Gasteiger partial charge in [-0.2, -0.15) is 9.40 Å². The second kappa shape index (κ2) is 8.25. The first-order chi connectivity index (χ1) is 14.7. The number of thiophene rings is 1. The Morgan fingerprint density at radius 1 is 1.16 bits per heavy atom. The number of nitrogens with one attached hydrogen (secondary N) is 1. The highest BCUT2D eigenvalue weighted by Gasteiger charge is 2.27. The minimum absolute atomic E-state index is 0.201. The lowest BCUT2D eigenvalue weighted by Crippen LogP contribution is -2.35. The maximum absolute atomic E-state index is 13.1. The summed E-state index contributed by atoms with van der Waals surface area (Å²) in [6.07, 6.45) is 2.80. The summed E-state index contributed by atoms with van der Waals surface area (Å²) in [5.74, 6) is -0.267. The lowest BCUT2D eigenvalue weighted by atomic mass is 10.2. The molecule has 0 saturated carbocycles. The van der Waals surface area contributed by atoms with Gasteiger partial charge < -0.3 is 10.2 Å². The highest BCUT2D eigenvalue weighted by molar-refractivity contribution is 7.89. The topological polar surface area (TPSA) is 87.5 Å². The van der Waals surface area contributed by atoms with Gasteiger partial charge in [0.2, 0.25) is 10.0 Å². The fraction of sp³-hybridized carbons (Fsp3) is 0.429. The molecule has 3 heterocycles. The Labute approximate surface area is 186 Å². The van der Waals surface area contributed by atoms with Crippen LogP contribution in [0.4, 0.5) is 11.4 Å². The summed E-state index contributed by atoms with van der Waals surface area (Å²) < 4.78 is 29.6. The number of aromatic nitrogens is 2. The second-order valence-corrected chi connectivity index (χ2v) is 11.0. The van der Waals surface area contributed by atoms with Gasteiger partial charge in [-0.3, -0.25) is 9.48 Å². The lowest BCUT2D eigenvalue weighted by Gasteiger charge is -2.26. The van der Waals surface area contributed by atoms with Crippen LogP contribution >= 0.6 is 11.3 Å². The van der Waals surface area contributed by atoms with Crippen molar-refractivity contribution in [1.82, 2.24) is 14.1 Å². The number of rotatable bonds is 5. The molecule has 3 aromatic rings. The number of sulfonamides is 1. The van der Waals surface area contributed by atoms with Crippen LogP contribution in [0.1, 0.15) is 34.6 Å². The SMILES string of the molecule is Cc1nn(C)c2sc(C(=O)Nc3cc(S(=O)(=O)N4CCCCC4)ccc3N(C)C)cc12. The molecule has 1 aliphatic rings. The average Bonchev–Trinajstić information content (AvgIpc) is 3.30. The van der Waals surface area contributed by atoms with E-state index in [0.717, 1.165) is 40.9 Å². The quantitative estimate of drug-likeness (QED) is 0.629. The monoisotopic (exact) mass is 461 g/mol. The van der Waals surface area contributed by atoms with Crippen LogP contribution in [0.3, 0.4) is 0 Å². The van der Waals surface area contributed by atoms with Crippen LogP contribution in [-0.2, 0) is 17.1 Å². The molecule has 2 aromatic heterocycles. The minimum atomic E-state index is -3.60. The number of aryl methyl sites for hydroxylation is 2. The number of benzene rings is 1. The number of fused-ring (bicyclic) bond motifs is 1. The molecule has 1 aromatic carbocycles. The summed E-state index contributed by atoms with van der Waals surface area (Å²) in [7, 11) is 1.98. The van der Waals surface area contributed by atoms with Gasteiger partial charge in [-0.15, -0.1) is 11.3 Å². The third kappa shape index (κ3) is 4.07. The molecule has 0 radical (unpaired) electrons. The number of hydrogen-bond donors (Lipinski definition) is 1. The van der Waals surface area contributed by atoms with Crippen molar-refractivity contribution in [3.05, 3.63) is 34.8 Å². The number of carbonyl (C=O) groups is 1. The number of anilines is 2. The number of carbonyl (C=O) groups excluding carboxylic acids is 1. The summed E-state index contributed by atoms with van der Waals surface area (Å²) >= 11 is 1.37. The molecule has 0 atom stereocenters. The van der Waals surface area contributed by atoms with Crippen LogP contribution in [0.5, 0.6) is 0 Å². The molecule has 1 fully saturated rings. The predicted octanol–water partition coefficient (Wildman–Crippen LogP) is 3.44. The molecule has 0 unspecified atom stereocenters. The first-order valence-electron chi connectivity index (χ1n) is 10.2. The van der Waals surface area contributed by atoms with Gasteiger partial charge in [0.15, 0.2) is 0 Å². The third-order valence-corrected chi connectivity index (χ3v) is 8.67. The van der Waals surface area contributed by atoms with E-state index in [9.17, 15) is 13.2 Å². The van der Waals surface area contributed by atoms with Gasteiger partial charge in [0, 0.05) is 39.6 Å². The van der Waals surface area contributed by atoms with Gasteiger partial charge >= 0.3 is 0 Å². The van der Waals surface area contributed by atoms with Crippen LogP contribution < -0.4 is 10.2 Å². The fourth-order valence-corrected chi connectivity index (χ4v) is 6.48. The van der Waals surface area contributed by atoms with Crippen LogP contribution in [-0.4, -0.2) is 55.6 Å². The Balaban J connectivity index is 1.67. The molecule has 0 bridgehead atoms.